The van der Waals surface area contributed by atoms with Gasteiger partial charge in [0.1, 0.15) is 17.4 Å². The van der Waals surface area contributed by atoms with Crippen LogP contribution >= 0.6 is 0 Å². The van der Waals surface area contributed by atoms with Gasteiger partial charge >= 0.3 is 0 Å². The predicted molar refractivity (Wildman–Crippen MR) is 111 cm³/mol. The van der Waals surface area contributed by atoms with E-state index in [0.29, 0.717) is 42.1 Å². The monoisotopic (exact) mass is 401 g/mol. The Balaban J connectivity index is 1.41. The van der Waals surface area contributed by atoms with Crippen LogP contribution in [0.1, 0.15) is 39.3 Å². The van der Waals surface area contributed by atoms with Gasteiger partial charge in [0.05, 0.1) is 17.7 Å². The number of anilines is 1. The molecular formula is C23H19N3O4. The van der Waals surface area contributed by atoms with Crippen LogP contribution in [0.15, 0.2) is 65.2 Å². The van der Waals surface area contributed by atoms with E-state index in [4.69, 9.17) is 4.42 Å². The number of allylic oxidation sites excluding steroid dienone is 1. The largest absolute Gasteiger partial charge is 0.459 e. The Labute approximate surface area is 172 Å². The van der Waals surface area contributed by atoms with Crippen molar-refractivity contribution >= 4 is 34.4 Å². The Morgan fingerprint density at radius 2 is 1.93 bits per heavy atom. The second kappa shape index (κ2) is 6.88. The number of hydrogen-bond acceptors (Lipinski definition) is 5. The fourth-order valence-electron chi connectivity index (χ4n) is 4.05. The highest BCUT2D eigenvalue weighted by atomic mass is 16.3. The van der Waals surface area contributed by atoms with Crippen molar-refractivity contribution in [2.45, 2.75) is 25.4 Å². The number of rotatable bonds is 4. The number of fused-ring (bicyclic) bond motifs is 2. The first-order valence-corrected chi connectivity index (χ1v) is 9.74. The molecule has 0 bridgehead atoms. The zero-order chi connectivity index (χ0) is 20.8. The normalized spacial score (nSPS) is 18.7. The van der Waals surface area contributed by atoms with Crippen molar-refractivity contribution in [1.29, 1.82) is 0 Å². The van der Waals surface area contributed by atoms with E-state index in [1.54, 1.807) is 18.2 Å². The lowest BCUT2D eigenvalue weighted by Gasteiger charge is -2.29. The van der Waals surface area contributed by atoms with Gasteiger partial charge in [-0.2, -0.15) is 0 Å². The van der Waals surface area contributed by atoms with Gasteiger partial charge < -0.3 is 15.1 Å². The van der Waals surface area contributed by atoms with Crippen molar-refractivity contribution in [3.05, 3.63) is 77.7 Å². The Morgan fingerprint density at radius 3 is 2.73 bits per heavy atom. The summed E-state index contributed by atoms with van der Waals surface area (Å²) in [4.78, 5) is 39.5. The van der Waals surface area contributed by atoms with Crippen molar-refractivity contribution in [3.8, 4) is 0 Å². The summed E-state index contributed by atoms with van der Waals surface area (Å²) in [6.07, 6.45) is 0.902. The molecule has 1 saturated heterocycles. The molecule has 1 fully saturated rings. The molecular weight excluding hydrogens is 382 g/mol. The lowest BCUT2D eigenvalue weighted by molar-refractivity contribution is -0.125. The summed E-state index contributed by atoms with van der Waals surface area (Å²) in [5.41, 5.74) is 2.51. The summed E-state index contributed by atoms with van der Waals surface area (Å²) in [5, 5.41) is 6.84. The Kier molecular flexibility index (Phi) is 4.17. The van der Waals surface area contributed by atoms with E-state index in [1.165, 1.54) is 0 Å². The fraction of sp³-hybridized carbons (Fsp3) is 0.174. The summed E-state index contributed by atoms with van der Waals surface area (Å²) in [6.45, 7) is 4.10. The van der Waals surface area contributed by atoms with E-state index in [0.717, 1.165) is 15.9 Å². The molecule has 150 valence electrons. The molecule has 5 rings (SSSR count). The molecule has 1 atom stereocenters. The minimum atomic E-state index is -0.828. The molecule has 0 saturated carbocycles. The van der Waals surface area contributed by atoms with E-state index >= 15 is 0 Å². The second-order valence-corrected chi connectivity index (χ2v) is 7.46. The molecule has 0 radical (unpaired) electrons. The molecule has 1 unspecified atom stereocenters. The second-order valence-electron chi connectivity index (χ2n) is 7.46. The maximum atomic E-state index is 13.1. The number of para-hydroxylation sites is 1. The third kappa shape index (κ3) is 2.86. The molecule has 3 heterocycles. The first kappa shape index (κ1) is 18.2. The molecule has 3 amide bonds. The SMILES string of the molecule is C=C1CCC(N2C(=O)c3cccc(NCc4cc5ccccc5o4)c3C2=O)C(=O)N1. The lowest BCUT2D eigenvalue weighted by Crippen LogP contribution is -2.51. The lowest BCUT2D eigenvalue weighted by atomic mass is 10.0. The minimum Gasteiger partial charge on any atom is -0.459 e. The number of amides is 3. The van der Waals surface area contributed by atoms with Crippen molar-refractivity contribution in [2.24, 2.45) is 0 Å². The van der Waals surface area contributed by atoms with Gasteiger partial charge in [0.2, 0.25) is 5.91 Å². The number of imide groups is 1. The van der Waals surface area contributed by atoms with Crippen LogP contribution in [-0.2, 0) is 11.3 Å². The summed E-state index contributed by atoms with van der Waals surface area (Å²) in [6, 6.07) is 13.9. The van der Waals surface area contributed by atoms with Gasteiger partial charge in [-0.05, 0) is 37.1 Å². The maximum Gasteiger partial charge on any atom is 0.264 e. The van der Waals surface area contributed by atoms with Crippen LogP contribution in [0.3, 0.4) is 0 Å². The smallest absolute Gasteiger partial charge is 0.264 e. The van der Waals surface area contributed by atoms with E-state index < -0.39 is 17.9 Å². The molecule has 7 nitrogen and oxygen atoms in total. The molecule has 0 aliphatic carbocycles. The number of nitrogens with one attached hydrogen (secondary N) is 2. The summed E-state index contributed by atoms with van der Waals surface area (Å²) in [7, 11) is 0. The Morgan fingerprint density at radius 1 is 1.10 bits per heavy atom. The minimum absolute atomic E-state index is 0.288. The van der Waals surface area contributed by atoms with Gasteiger partial charge in [-0.15, -0.1) is 0 Å². The molecule has 7 heteroatoms. The summed E-state index contributed by atoms with van der Waals surface area (Å²) in [5.74, 6) is -0.574. The van der Waals surface area contributed by atoms with E-state index in [9.17, 15) is 14.4 Å². The standard InChI is InChI=1S/C23H19N3O4/c1-13-9-10-18(21(27)25-13)26-22(28)16-6-4-7-17(20(16)23(26)29)24-12-15-11-14-5-2-3-8-19(14)30-15/h2-8,11,18,24H,1,9-10,12H2,(H,25,27). The first-order valence-electron chi connectivity index (χ1n) is 9.74. The van der Waals surface area contributed by atoms with Crippen LogP contribution < -0.4 is 10.6 Å². The van der Waals surface area contributed by atoms with Crippen molar-refractivity contribution in [1.82, 2.24) is 10.2 Å². The molecule has 2 N–H and O–H groups in total. The van der Waals surface area contributed by atoms with Crippen molar-refractivity contribution in [2.75, 3.05) is 5.32 Å². The average Bonchev–Trinajstić information content (AvgIpc) is 3.26. The molecule has 2 aliphatic heterocycles. The van der Waals surface area contributed by atoms with Gasteiger partial charge in [0.15, 0.2) is 0 Å². The summed E-state index contributed by atoms with van der Waals surface area (Å²) >= 11 is 0. The first-order chi connectivity index (χ1) is 14.5. The number of carbonyl (C=O) groups is 3. The Hall–Kier alpha value is -3.87. The molecule has 30 heavy (non-hydrogen) atoms. The third-order valence-corrected chi connectivity index (χ3v) is 5.51. The van der Waals surface area contributed by atoms with Crippen molar-refractivity contribution in [3.63, 3.8) is 0 Å². The number of hydrogen-bond donors (Lipinski definition) is 2. The number of piperidine rings is 1. The summed E-state index contributed by atoms with van der Waals surface area (Å²) < 4.78 is 5.81. The highest BCUT2D eigenvalue weighted by molar-refractivity contribution is 6.25. The van der Waals surface area contributed by atoms with Crippen LogP contribution in [0, 0.1) is 0 Å². The van der Waals surface area contributed by atoms with Crippen LogP contribution in [0.2, 0.25) is 0 Å². The van der Waals surface area contributed by atoms with Crippen molar-refractivity contribution < 1.29 is 18.8 Å². The maximum absolute atomic E-state index is 13.1. The zero-order valence-corrected chi connectivity index (χ0v) is 16.1. The molecule has 2 aromatic carbocycles. The van der Waals surface area contributed by atoms with Gasteiger partial charge in [-0.1, -0.05) is 30.8 Å². The van der Waals surface area contributed by atoms with Gasteiger partial charge in [0.25, 0.3) is 11.8 Å². The van der Waals surface area contributed by atoms with E-state index in [-0.39, 0.29) is 11.5 Å². The van der Waals surface area contributed by atoms with Crippen LogP contribution in [-0.4, -0.2) is 28.7 Å². The topological polar surface area (TPSA) is 91.7 Å². The van der Waals surface area contributed by atoms with E-state index in [2.05, 4.69) is 17.2 Å². The molecule has 1 aromatic heterocycles. The van der Waals surface area contributed by atoms with Gasteiger partial charge in [0, 0.05) is 16.8 Å². The zero-order valence-electron chi connectivity index (χ0n) is 16.1. The highest BCUT2D eigenvalue weighted by Gasteiger charge is 2.44. The third-order valence-electron chi connectivity index (χ3n) is 5.51. The number of benzene rings is 2. The fourth-order valence-corrected chi connectivity index (χ4v) is 4.05. The average molecular weight is 401 g/mol. The van der Waals surface area contributed by atoms with Crippen LogP contribution in [0.25, 0.3) is 11.0 Å². The molecule has 3 aromatic rings. The number of carbonyl (C=O) groups excluding carboxylic acids is 3. The highest BCUT2D eigenvalue weighted by Crippen LogP contribution is 2.33. The van der Waals surface area contributed by atoms with Gasteiger partial charge in [-0.3, -0.25) is 19.3 Å². The molecule has 2 aliphatic rings. The van der Waals surface area contributed by atoms with Crippen LogP contribution in [0.5, 0.6) is 0 Å². The quantitative estimate of drug-likeness (QED) is 0.654. The van der Waals surface area contributed by atoms with Crippen LogP contribution in [0.4, 0.5) is 5.69 Å². The van der Waals surface area contributed by atoms with E-state index in [1.807, 2.05) is 30.3 Å². The predicted octanol–water partition coefficient (Wildman–Crippen LogP) is 3.43. The molecule has 0 spiro atoms. The van der Waals surface area contributed by atoms with Gasteiger partial charge in [-0.25, -0.2) is 0 Å². The number of furan rings is 1. The number of nitrogens with zero attached hydrogens (tertiary/aromatic N) is 1. The Bertz CT molecular complexity index is 1190.